The topological polar surface area (TPSA) is 21.3 Å². The van der Waals surface area contributed by atoms with E-state index in [-0.39, 0.29) is 0 Å². The van der Waals surface area contributed by atoms with Gasteiger partial charge in [0, 0.05) is 6.04 Å². The second-order valence-electron chi connectivity index (χ2n) is 4.72. The Hall–Kier alpha value is -0.540. The number of halogens is 1. The van der Waals surface area contributed by atoms with Gasteiger partial charge in [0.05, 0.1) is 10.6 Å². The Balaban J connectivity index is 2.08. The van der Waals surface area contributed by atoms with Crippen molar-refractivity contribution < 1.29 is 4.74 Å². The van der Waals surface area contributed by atoms with E-state index in [0.29, 0.717) is 12.1 Å². The van der Waals surface area contributed by atoms with Gasteiger partial charge in [-0.25, -0.2) is 0 Å². The predicted molar refractivity (Wildman–Crippen MR) is 74.5 cm³/mol. The zero-order valence-electron chi connectivity index (χ0n) is 10.5. The van der Waals surface area contributed by atoms with Crippen molar-refractivity contribution in [2.75, 3.05) is 7.05 Å². The Morgan fingerprint density at radius 3 is 2.65 bits per heavy atom. The van der Waals surface area contributed by atoms with Crippen molar-refractivity contribution in [3.63, 3.8) is 0 Å². The van der Waals surface area contributed by atoms with E-state index < -0.39 is 0 Å². The minimum Gasteiger partial charge on any atom is -0.489 e. The normalized spacial score (nSPS) is 18.3. The second-order valence-corrected chi connectivity index (χ2v) is 5.58. The number of hydrogen-bond donors (Lipinski definition) is 1. The minimum atomic E-state index is 0.367. The zero-order valence-corrected chi connectivity index (χ0v) is 12.1. The summed E-state index contributed by atoms with van der Waals surface area (Å²) in [5.41, 5.74) is 1.28. The Morgan fingerprint density at radius 2 is 2.06 bits per heavy atom. The first-order chi connectivity index (χ1) is 8.20. The molecule has 1 fully saturated rings. The van der Waals surface area contributed by atoms with Crippen LogP contribution in [0.2, 0.25) is 0 Å². The average molecular weight is 298 g/mol. The van der Waals surface area contributed by atoms with Crippen LogP contribution in [0.1, 0.15) is 44.2 Å². The summed E-state index contributed by atoms with van der Waals surface area (Å²) in [6.07, 6.45) is 5.41. The maximum absolute atomic E-state index is 6.01. The fraction of sp³-hybridized carbons (Fsp3) is 0.571. The summed E-state index contributed by atoms with van der Waals surface area (Å²) in [5.74, 6) is 0.976. The van der Waals surface area contributed by atoms with Crippen molar-refractivity contribution in [3.05, 3.63) is 28.2 Å². The van der Waals surface area contributed by atoms with Crippen molar-refractivity contribution in [1.82, 2.24) is 5.32 Å². The molecule has 0 aliphatic heterocycles. The molecule has 94 valence electrons. The Labute approximate surface area is 112 Å². The summed E-state index contributed by atoms with van der Waals surface area (Å²) in [5, 5.41) is 3.24. The molecule has 1 N–H and O–H groups in total. The summed E-state index contributed by atoms with van der Waals surface area (Å²) in [4.78, 5) is 0. The monoisotopic (exact) mass is 297 g/mol. The van der Waals surface area contributed by atoms with Crippen LogP contribution in [0, 0.1) is 0 Å². The van der Waals surface area contributed by atoms with E-state index in [1.807, 2.05) is 7.05 Å². The maximum atomic E-state index is 6.01. The quantitative estimate of drug-likeness (QED) is 0.905. The van der Waals surface area contributed by atoms with E-state index >= 15 is 0 Å². The van der Waals surface area contributed by atoms with Crippen LogP contribution in [0.15, 0.2) is 22.7 Å². The first-order valence-corrected chi connectivity index (χ1v) is 7.13. The molecule has 0 heterocycles. The highest BCUT2D eigenvalue weighted by atomic mass is 79.9. The molecule has 2 rings (SSSR count). The molecule has 1 atom stereocenters. The van der Waals surface area contributed by atoms with Crippen LogP contribution >= 0.6 is 15.9 Å². The van der Waals surface area contributed by atoms with Gasteiger partial charge in [0.2, 0.25) is 0 Å². The van der Waals surface area contributed by atoms with Gasteiger partial charge >= 0.3 is 0 Å². The molecular formula is C14H20BrNO. The van der Waals surface area contributed by atoms with Gasteiger partial charge in [-0.3, -0.25) is 0 Å². The van der Waals surface area contributed by atoms with Crippen LogP contribution in [0.4, 0.5) is 0 Å². The van der Waals surface area contributed by atoms with Gasteiger partial charge in [0.15, 0.2) is 0 Å². The molecule has 3 heteroatoms. The molecular weight excluding hydrogens is 278 g/mol. The highest BCUT2D eigenvalue weighted by Crippen LogP contribution is 2.31. The van der Waals surface area contributed by atoms with Crippen molar-refractivity contribution in [2.45, 2.75) is 44.8 Å². The van der Waals surface area contributed by atoms with Gasteiger partial charge in [-0.1, -0.05) is 6.07 Å². The summed E-state index contributed by atoms with van der Waals surface area (Å²) >= 11 is 3.60. The Kier molecular flexibility index (Phi) is 4.46. The largest absolute Gasteiger partial charge is 0.489 e. The maximum Gasteiger partial charge on any atom is 0.133 e. The van der Waals surface area contributed by atoms with Gasteiger partial charge in [-0.15, -0.1) is 0 Å². The number of nitrogens with one attached hydrogen (secondary N) is 1. The summed E-state index contributed by atoms with van der Waals surface area (Å²) in [7, 11) is 1.97. The lowest BCUT2D eigenvalue weighted by atomic mass is 10.1. The SMILES string of the molecule is CNC(C)c1ccc(OC2CCCC2)c(Br)c1. The van der Waals surface area contributed by atoms with Crippen molar-refractivity contribution >= 4 is 15.9 Å². The molecule has 0 spiro atoms. The second kappa shape index (κ2) is 5.87. The molecule has 1 aromatic carbocycles. The van der Waals surface area contributed by atoms with Gasteiger partial charge in [-0.05, 0) is 73.3 Å². The summed E-state index contributed by atoms with van der Waals surface area (Å²) in [6, 6.07) is 6.72. The molecule has 2 nitrogen and oxygen atoms in total. The molecule has 0 amide bonds. The Morgan fingerprint density at radius 1 is 1.35 bits per heavy atom. The fourth-order valence-corrected chi connectivity index (χ4v) is 2.72. The first kappa shape index (κ1) is 12.9. The third kappa shape index (κ3) is 3.23. The molecule has 17 heavy (non-hydrogen) atoms. The third-order valence-corrected chi connectivity index (χ3v) is 4.10. The van der Waals surface area contributed by atoms with Crippen LogP contribution in [0.3, 0.4) is 0 Å². The molecule has 0 saturated heterocycles. The van der Waals surface area contributed by atoms with E-state index in [1.54, 1.807) is 0 Å². The number of ether oxygens (including phenoxy) is 1. The lowest BCUT2D eigenvalue weighted by Crippen LogP contribution is -2.13. The molecule has 0 aromatic heterocycles. The van der Waals surface area contributed by atoms with Crippen LogP contribution in [0.25, 0.3) is 0 Å². The number of rotatable bonds is 4. The molecule has 1 aliphatic rings. The van der Waals surface area contributed by atoms with Crippen molar-refractivity contribution in [3.8, 4) is 5.75 Å². The van der Waals surface area contributed by atoms with Gasteiger partial charge < -0.3 is 10.1 Å². The summed E-state index contributed by atoms with van der Waals surface area (Å²) < 4.78 is 7.07. The number of benzene rings is 1. The zero-order chi connectivity index (χ0) is 12.3. The van der Waals surface area contributed by atoms with Crippen molar-refractivity contribution in [2.24, 2.45) is 0 Å². The van der Waals surface area contributed by atoms with Crippen molar-refractivity contribution in [1.29, 1.82) is 0 Å². The lowest BCUT2D eigenvalue weighted by molar-refractivity contribution is 0.208. The van der Waals surface area contributed by atoms with Crippen LogP contribution in [-0.4, -0.2) is 13.2 Å². The molecule has 1 aromatic rings. The third-order valence-electron chi connectivity index (χ3n) is 3.48. The van der Waals surface area contributed by atoms with E-state index in [2.05, 4.69) is 46.4 Å². The van der Waals surface area contributed by atoms with Crippen LogP contribution in [0.5, 0.6) is 5.75 Å². The minimum absolute atomic E-state index is 0.367. The van der Waals surface area contributed by atoms with E-state index in [0.717, 1.165) is 10.2 Å². The first-order valence-electron chi connectivity index (χ1n) is 6.34. The fourth-order valence-electron chi connectivity index (χ4n) is 2.23. The molecule has 1 aliphatic carbocycles. The van der Waals surface area contributed by atoms with Gasteiger partial charge in [-0.2, -0.15) is 0 Å². The smallest absolute Gasteiger partial charge is 0.133 e. The highest BCUT2D eigenvalue weighted by Gasteiger charge is 2.17. The molecule has 1 unspecified atom stereocenters. The predicted octanol–water partition coefficient (Wildman–Crippen LogP) is 4.05. The van der Waals surface area contributed by atoms with E-state index in [9.17, 15) is 0 Å². The molecule has 0 radical (unpaired) electrons. The molecule has 1 saturated carbocycles. The number of hydrogen-bond acceptors (Lipinski definition) is 2. The van der Waals surface area contributed by atoms with E-state index in [4.69, 9.17) is 4.74 Å². The lowest BCUT2D eigenvalue weighted by Gasteiger charge is -2.17. The standard InChI is InChI=1S/C14H20BrNO/c1-10(16-2)11-7-8-14(13(15)9-11)17-12-5-3-4-6-12/h7-10,12,16H,3-6H2,1-2H3. The highest BCUT2D eigenvalue weighted by molar-refractivity contribution is 9.10. The Bertz CT molecular complexity index is 374. The van der Waals surface area contributed by atoms with Crippen LogP contribution in [-0.2, 0) is 0 Å². The average Bonchev–Trinajstić information content (AvgIpc) is 2.83. The van der Waals surface area contributed by atoms with Crippen LogP contribution < -0.4 is 10.1 Å². The van der Waals surface area contributed by atoms with Gasteiger partial charge in [0.1, 0.15) is 5.75 Å². The van der Waals surface area contributed by atoms with Gasteiger partial charge in [0.25, 0.3) is 0 Å². The van der Waals surface area contributed by atoms with E-state index in [1.165, 1.54) is 31.2 Å². The molecule has 0 bridgehead atoms. The summed E-state index contributed by atoms with van der Waals surface area (Å²) in [6.45, 7) is 2.15.